The van der Waals surface area contributed by atoms with Gasteiger partial charge in [0.15, 0.2) is 33.9 Å². The minimum Gasteiger partial charge on any atom is -0.321 e. The van der Waals surface area contributed by atoms with E-state index in [1.165, 1.54) is 44.5 Å². The van der Waals surface area contributed by atoms with Crippen molar-refractivity contribution in [2.45, 2.75) is 38.5 Å². The smallest absolute Gasteiger partial charge is 0.198 e. The lowest BCUT2D eigenvalue weighted by Gasteiger charge is -2.22. The van der Waals surface area contributed by atoms with Gasteiger partial charge >= 0.3 is 0 Å². The Kier molecular flexibility index (Phi) is 12.7. The quantitative estimate of drug-likeness (QED) is 0.129. The topological polar surface area (TPSA) is 167 Å². The van der Waals surface area contributed by atoms with Gasteiger partial charge in [-0.2, -0.15) is 0 Å². The number of rotatable bonds is 10. The molecular formula is C87H58N14. The van der Waals surface area contributed by atoms with Crippen molar-refractivity contribution in [3.8, 4) is 124 Å². The Balaban J connectivity index is 0.750. The van der Waals surface area contributed by atoms with Gasteiger partial charge in [0.05, 0.1) is 34.3 Å². The van der Waals surface area contributed by atoms with Gasteiger partial charge in [-0.1, -0.05) is 198 Å². The molecule has 101 heavy (non-hydrogen) atoms. The molecule has 8 heterocycles. The van der Waals surface area contributed by atoms with Gasteiger partial charge in [-0.05, 0) is 140 Å². The van der Waals surface area contributed by atoms with Crippen LogP contribution >= 0.6 is 0 Å². The van der Waals surface area contributed by atoms with Gasteiger partial charge in [-0.15, -0.1) is 0 Å². The maximum Gasteiger partial charge on any atom is 0.198 e. The summed E-state index contributed by atoms with van der Waals surface area (Å²) in [5.41, 5.74) is 28.3. The van der Waals surface area contributed by atoms with Crippen LogP contribution in [0.1, 0.15) is 49.9 Å². The van der Waals surface area contributed by atoms with E-state index in [0.717, 1.165) is 100 Å². The molecule has 20 rings (SSSR count). The molecule has 476 valence electrons. The van der Waals surface area contributed by atoms with Gasteiger partial charge in [0, 0.05) is 91.1 Å². The van der Waals surface area contributed by atoms with Crippen LogP contribution in [0.4, 0.5) is 0 Å². The van der Waals surface area contributed by atoms with E-state index in [0.29, 0.717) is 57.1 Å². The van der Waals surface area contributed by atoms with Crippen molar-refractivity contribution in [1.29, 1.82) is 0 Å². The van der Waals surface area contributed by atoms with Crippen molar-refractivity contribution >= 4 is 55.7 Å². The van der Waals surface area contributed by atoms with Gasteiger partial charge in [0.2, 0.25) is 0 Å². The molecule has 0 saturated heterocycles. The first kappa shape index (κ1) is 57.9. The van der Waals surface area contributed by atoms with Crippen LogP contribution in [-0.4, -0.2) is 68.9 Å². The number of nitrogens with zero attached hydrogens (tertiary/aromatic N) is 13. The predicted molar refractivity (Wildman–Crippen MR) is 401 cm³/mol. The normalized spacial score (nSPS) is 13.3. The molecule has 0 radical (unpaired) electrons. The Morgan fingerprint density at radius 1 is 0.297 bits per heavy atom. The van der Waals surface area contributed by atoms with E-state index in [-0.39, 0.29) is 10.8 Å². The molecule has 0 saturated carbocycles. The first-order valence-corrected chi connectivity index (χ1v) is 33.9. The minimum atomic E-state index is -0.226. The molecule has 0 spiro atoms. The Labute approximate surface area is 579 Å². The maximum atomic E-state index is 5.79. The van der Waals surface area contributed by atoms with Gasteiger partial charge in [0.25, 0.3) is 0 Å². The molecule has 10 aromatic carbocycles. The van der Waals surface area contributed by atoms with Crippen molar-refractivity contribution < 1.29 is 0 Å². The summed E-state index contributed by atoms with van der Waals surface area (Å²) in [6, 6.07) is 86.0. The molecule has 1 N–H and O–H groups in total. The lowest BCUT2D eigenvalue weighted by molar-refractivity contribution is 0.660. The molecule has 0 amide bonds. The van der Waals surface area contributed by atoms with Crippen LogP contribution in [0.5, 0.6) is 0 Å². The average Bonchev–Trinajstić information content (AvgIpc) is 1.59. The number of imidazole rings is 3. The Morgan fingerprint density at radius 3 is 1.30 bits per heavy atom. The first-order valence-electron chi connectivity index (χ1n) is 33.9. The summed E-state index contributed by atoms with van der Waals surface area (Å²) in [7, 11) is 0. The lowest BCUT2D eigenvalue weighted by atomic mass is 9.81. The fourth-order valence-corrected chi connectivity index (χ4v) is 15.7. The average molecular weight is 1300 g/mol. The fraction of sp³-hybridized carbons (Fsp3) is 0.0690. The number of hydrogen-bond donors (Lipinski definition) is 1. The highest BCUT2D eigenvalue weighted by atomic mass is 15.2. The zero-order chi connectivity index (χ0) is 67.2. The van der Waals surface area contributed by atoms with Crippen LogP contribution in [0.25, 0.3) is 180 Å². The number of pyridine rings is 2. The van der Waals surface area contributed by atoms with Crippen LogP contribution in [0, 0.1) is 0 Å². The van der Waals surface area contributed by atoms with E-state index in [1.54, 1.807) is 24.8 Å². The van der Waals surface area contributed by atoms with Crippen molar-refractivity contribution in [2.24, 2.45) is 0 Å². The third kappa shape index (κ3) is 9.14. The Bertz CT molecular complexity index is 6330. The summed E-state index contributed by atoms with van der Waals surface area (Å²) in [5, 5.41) is 1.99. The van der Waals surface area contributed by atoms with Gasteiger partial charge in [0.1, 0.15) is 17.5 Å². The molecular weight excluding hydrogens is 1240 g/mol. The second-order valence-corrected chi connectivity index (χ2v) is 27.2. The summed E-state index contributed by atoms with van der Waals surface area (Å²) in [5.74, 6) is 1.80. The van der Waals surface area contributed by atoms with Crippen LogP contribution in [0.15, 0.2) is 274 Å². The van der Waals surface area contributed by atoms with E-state index in [4.69, 9.17) is 44.9 Å². The van der Waals surface area contributed by atoms with Crippen LogP contribution in [0.2, 0.25) is 0 Å². The van der Waals surface area contributed by atoms with Crippen LogP contribution in [-0.2, 0) is 10.8 Å². The molecule has 0 unspecified atom stereocenters. The van der Waals surface area contributed by atoms with Gasteiger partial charge in [-0.3, -0.25) is 9.13 Å². The number of aromatic nitrogens is 14. The van der Waals surface area contributed by atoms with Gasteiger partial charge in [-0.25, -0.2) is 54.8 Å². The number of benzene rings is 10. The molecule has 2 aliphatic carbocycles. The Morgan fingerprint density at radius 2 is 0.743 bits per heavy atom. The van der Waals surface area contributed by atoms with Crippen LogP contribution in [0.3, 0.4) is 0 Å². The number of hydrogen-bond acceptors (Lipinski definition) is 11. The molecule has 0 fully saturated rings. The minimum absolute atomic E-state index is 0.194. The van der Waals surface area contributed by atoms with E-state index in [2.05, 4.69) is 225 Å². The third-order valence-electron chi connectivity index (χ3n) is 20.6. The SMILES string of the molecule is CC1(C)c2ccccc2-c2ccc(-c3cc(-c4ccccc4)c4ccc5c(-c6cccc(-c7cnc8[nH]c(-c9cc(-c%10nc%11nccnc%11n%10-c%10ccccc%10)cc(-c%10nc%11nccnc%11n%10-c%10ccccc%10)c9)nc8n7)c6)cc(-c6ccc7c(c6)C(C)(C)c6ccccc6-7)nc5c4n3)cc21. The number of nitrogens with one attached hydrogen (secondary N) is 1. The first-order chi connectivity index (χ1) is 49.5. The summed E-state index contributed by atoms with van der Waals surface area (Å²) in [6.07, 6.45) is 8.52. The number of H-pyrrole nitrogens is 1. The highest BCUT2D eigenvalue weighted by Gasteiger charge is 2.37. The number of aromatic amines is 1. The molecule has 14 nitrogen and oxygen atoms in total. The summed E-state index contributed by atoms with van der Waals surface area (Å²) in [6.45, 7) is 9.32. The fourth-order valence-electron chi connectivity index (χ4n) is 15.7. The van der Waals surface area contributed by atoms with Crippen molar-refractivity contribution in [3.05, 3.63) is 296 Å². The second kappa shape index (κ2) is 22.1. The van der Waals surface area contributed by atoms with Crippen molar-refractivity contribution in [3.63, 3.8) is 0 Å². The zero-order valence-electron chi connectivity index (χ0n) is 55.3. The highest BCUT2D eigenvalue weighted by Crippen LogP contribution is 2.52. The van der Waals surface area contributed by atoms with E-state index >= 15 is 0 Å². The molecule has 0 atom stereocenters. The highest BCUT2D eigenvalue weighted by molar-refractivity contribution is 6.14. The van der Waals surface area contributed by atoms with Crippen molar-refractivity contribution in [2.75, 3.05) is 0 Å². The molecule has 0 aliphatic heterocycles. The summed E-state index contributed by atoms with van der Waals surface area (Å²) < 4.78 is 4.07. The van der Waals surface area contributed by atoms with Crippen LogP contribution < -0.4 is 0 Å². The second-order valence-electron chi connectivity index (χ2n) is 27.2. The lowest BCUT2D eigenvalue weighted by Crippen LogP contribution is -2.15. The largest absolute Gasteiger partial charge is 0.321 e. The van der Waals surface area contributed by atoms with E-state index in [1.807, 2.05) is 76.0 Å². The Hall–Kier alpha value is -13.3. The predicted octanol–water partition coefficient (Wildman–Crippen LogP) is 19.7. The third-order valence-corrected chi connectivity index (χ3v) is 20.6. The monoisotopic (exact) mass is 1300 g/mol. The molecule has 18 aromatic rings. The zero-order valence-corrected chi connectivity index (χ0v) is 55.3. The summed E-state index contributed by atoms with van der Waals surface area (Å²) in [4.78, 5) is 60.0. The molecule has 2 aliphatic rings. The standard InChI is InChI=1S/C87H58N14/c1-86(2)68-29-16-14-27-60(68)62-33-31-53(45-70(62)86)72-47-66(50-19-8-5-9-20-50)64-35-36-65-67(48-73(94-76(65)75(64)93-72)54-32-34-63-61-28-15-17-30-69(61)87(3,4)71(63)46-54)51-21-18-22-52(41-51)74-49-92-78-79(95-74)97-77(96-78)55-42-56(82-98-80-84(90-39-37-88-80)100(82)58-23-10-6-11-24-58)44-57(43-55)83-99-81-85(91-40-38-89-81)101(83)59-25-12-7-13-26-59/h5-49H,1-4H3,(H,92,95,96,97). The van der Waals surface area contributed by atoms with Crippen molar-refractivity contribution in [1.82, 2.24) is 68.9 Å². The number of para-hydroxylation sites is 2. The maximum absolute atomic E-state index is 5.79. The van der Waals surface area contributed by atoms with E-state index < -0.39 is 0 Å². The van der Waals surface area contributed by atoms with E-state index in [9.17, 15) is 0 Å². The molecule has 14 heteroatoms. The van der Waals surface area contributed by atoms with Gasteiger partial charge < -0.3 is 4.98 Å². The molecule has 0 bridgehead atoms. The summed E-state index contributed by atoms with van der Waals surface area (Å²) >= 11 is 0. The number of fused-ring (bicyclic) bond motifs is 12. The molecule has 8 aromatic heterocycles.